The lowest BCUT2D eigenvalue weighted by molar-refractivity contribution is -0.153. The molecule has 0 saturated carbocycles. The Kier molecular flexibility index (Phi) is 3.80. The third-order valence-corrected chi connectivity index (χ3v) is 4.77. The van der Waals surface area contributed by atoms with E-state index >= 15 is 0 Å². The highest BCUT2D eigenvalue weighted by molar-refractivity contribution is 7.99. The van der Waals surface area contributed by atoms with Gasteiger partial charge in [0.1, 0.15) is 0 Å². The molecule has 18 heavy (non-hydrogen) atoms. The van der Waals surface area contributed by atoms with E-state index in [0.29, 0.717) is 18.1 Å². The third kappa shape index (κ3) is 2.92. The van der Waals surface area contributed by atoms with Crippen LogP contribution in [0.1, 0.15) is 20.3 Å². The second-order valence-corrected chi connectivity index (χ2v) is 9.10. The monoisotopic (exact) mass is 275 g/mol. The molecule has 3 aliphatic rings. The Morgan fingerprint density at radius 2 is 1.89 bits per heavy atom. The van der Waals surface area contributed by atoms with E-state index in [9.17, 15) is 9.00 Å². The van der Waals surface area contributed by atoms with Gasteiger partial charge in [-0.25, -0.2) is 0 Å². The number of piperidine rings is 1. The Morgan fingerprint density at radius 3 is 2.33 bits per heavy atom. The number of amides is 1. The smallest absolute Gasteiger partial charge is 0.238 e. The summed E-state index contributed by atoms with van der Waals surface area (Å²) in [6.07, 6.45) is 4.43. The summed E-state index contributed by atoms with van der Waals surface area (Å²) in [5, 5.41) is 0. The molecule has 0 aliphatic carbocycles. The standard InChI is InChI=1S/C12H25N3O2S/c1-9(2)14-7-10-5-11(8-14)15(10)12(16)6-13-18(3,4)17/h9-11,18H,5-8H2,1-4H3,(H,13,17). The Bertz CT molecular complexity index is 368. The van der Waals surface area contributed by atoms with E-state index in [-0.39, 0.29) is 12.5 Å². The van der Waals surface area contributed by atoms with Gasteiger partial charge in [0.25, 0.3) is 0 Å². The van der Waals surface area contributed by atoms with Crippen LogP contribution in [0.4, 0.5) is 0 Å². The van der Waals surface area contributed by atoms with E-state index in [2.05, 4.69) is 23.5 Å². The van der Waals surface area contributed by atoms with Crippen molar-refractivity contribution in [2.75, 3.05) is 32.1 Å². The minimum absolute atomic E-state index is 0.101. The molecule has 2 bridgehead atoms. The van der Waals surface area contributed by atoms with E-state index in [1.54, 1.807) is 12.5 Å². The fourth-order valence-corrected chi connectivity index (χ4v) is 3.34. The van der Waals surface area contributed by atoms with Crippen LogP contribution in [0.25, 0.3) is 0 Å². The lowest BCUT2D eigenvalue weighted by Crippen LogP contribution is -2.71. The minimum Gasteiger partial charge on any atom is -0.333 e. The highest BCUT2D eigenvalue weighted by atomic mass is 32.3. The number of thiol groups is 1. The van der Waals surface area contributed by atoms with Crippen molar-refractivity contribution < 1.29 is 9.00 Å². The van der Waals surface area contributed by atoms with Crippen molar-refractivity contribution >= 4 is 16.0 Å². The average molecular weight is 275 g/mol. The number of hydrogen-bond acceptors (Lipinski definition) is 3. The number of piperazine rings is 1. The van der Waals surface area contributed by atoms with Crippen molar-refractivity contribution in [2.45, 2.75) is 38.4 Å². The molecule has 3 aliphatic heterocycles. The van der Waals surface area contributed by atoms with Crippen molar-refractivity contribution in [3.8, 4) is 0 Å². The van der Waals surface area contributed by atoms with E-state index in [1.165, 1.54) is 0 Å². The normalized spacial score (nSPS) is 29.3. The number of nitrogens with zero attached hydrogens (tertiary/aromatic N) is 2. The first-order valence-electron chi connectivity index (χ1n) is 6.63. The summed E-state index contributed by atoms with van der Waals surface area (Å²) in [6, 6.07) is 1.29. The maximum atomic E-state index is 12.1. The van der Waals surface area contributed by atoms with E-state index in [0.717, 1.165) is 19.5 Å². The summed E-state index contributed by atoms with van der Waals surface area (Å²) >= 11 is 0. The zero-order valence-electron chi connectivity index (χ0n) is 11.7. The molecule has 0 aromatic heterocycles. The van der Waals surface area contributed by atoms with Crippen molar-refractivity contribution in [1.29, 1.82) is 0 Å². The summed E-state index contributed by atoms with van der Waals surface area (Å²) in [4.78, 5) is 16.5. The number of carbonyl (C=O) groups is 1. The SMILES string of the molecule is CC(C)N1CC2CC(C1)N2C(=O)CN[SH](C)(C)=O. The van der Waals surface area contributed by atoms with Crippen molar-refractivity contribution in [3.63, 3.8) is 0 Å². The van der Waals surface area contributed by atoms with Crippen LogP contribution < -0.4 is 4.72 Å². The molecule has 1 amide bonds. The van der Waals surface area contributed by atoms with Crippen LogP contribution in [0.2, 0.25) is 0 Å². The van der Waals surface area contributed by atoms with Gasteiger partial charge in [-0.05, 0) is 20.3 Å². The van der Waals surface area contributed by atoms with Crippen molar-refractivity contribution in [1.82, 2.24) is 14.5 Å². The highest BCUT2D eigenvalue weighted by Gasteiger charge is 2.47. The van der Waals surface area contributed by atoms with E-state index in [4.69, 9.17) is 0 Å². The molecule has 3 saturated heterocycles. The Labute approximate surface area is 110 Å². The first-order valence-corrected chi connectivity index (χ1v) is 9.23. The van der Waals surface area contributed by atoms with Gasteiger partial charge < -0.3 is 4.90 Å². The van der Waals surface area contributed by atoms with Gasteiger partial charge in [-0.3, -0.25) is 18.6 Å². The van der Waals surface area contributed by atoms with Gasteiger partial charge in [0, 0.05) is 43.7 Å². The quantitative estimate of drug-likeness (QED) is 0.678. The van der Waals surface area contributed by atoms with Crippen molar-refractivity contribution in [3.05, 3.63) is 0 Å². The minimum atomic E-state index is -2.31. The zero-order chi connectivity index (χ0) is 13.5. The van der Waals surface area contributed by atoms with Gasteiger partial charge in [0.2, 0.25) is 5.91 Å². The number of fused-ring (bicyclic) bond motifs is 2. The Morgan fingerprint density at radius 1 is 1.33 bits per heavy atom. The molecule has 3 heterocycles. The predicted molar refractivity (Wildman–Crippen MR) is 75.1 cm³/mol. The van der Waals surface area contributed by atoms with E-state index in [1.807, 2.05) is 4.90 Å². The molecule has 0 aromatic rings. The maximum absolute atomic E-state index is 12.1. The summed E-state index contributed by atoms with van der Waals surface area (Å²) in [5.74, 6) is 0.101. The molecule has 2 unspecified atom stereocenters. The number of hydrogen-bond donors (Lipinski definition) is 2. The number of rotatable bonds is 4. The van der Waals surface area contributed by atoms with Crippen LogP contribution in [0, 0.1) is 0 Å². The Hall–Kier alpha value is -0.460. The van der Waals surface area contributed by atoms with Crippen LogP contribution in [0.15, 0.2) is 0 Å². The molecule has 0 spiro atoms. The summed E-state index contributed by atoms with van der Waals surface area (Å²) < 4.78 is 14.4. The van der Waals surface area contributed by atoms with Crippen LogP contribution >= 0.6 is 0 Å². The Balaban J connectivity index is 1.86. The van der Waals surface area contributed by atoms with Gasteiger partial charge in [-0.1, -0.05) is 10.1 Å². The van der Waals surface area contributed by atoms with Crippen molar-refractivity contribution in [2.24, 2.45) is 0 Å². The summed E-state index contributed by atoms with van der Waals surface area (Å²) in [5.41, 5.74) is 0. The zero-order valence-corrected chi connectivity index (χ0v) is 12.6. The second kappa shape index (κ2) is 4.90. The highest BCUT2D eigenvalue weighted by Crippen LogP contribution is 2.32. The van der Waals surface area contributed by atoms with Crippen LogP contribution in [-0.2, 0) is 14.9 Å². The maximum Gasteiger partial charge on any atom is 0.238 e. The molecule has 2 atom stereocenters. The number of carbonyl (C=O) groups excluding carboxylic acids is 1. The van der Waals surface area contributed by atoms with Crippen LogP contribution in [-0.4, -0.2) is 70.2 Å². The van der Waals surface area contributed by atoms with E-state index < -0.39 is 10.1 Å². The molecule has 0 radical (unpaired) electrons. The molecule has 0 aromatic carbocycles. The first-order chi connectivity index (χ1) is 8.28. The van der Waals surface area contributed by atoms with Gasteiger partial charge in [0.05, 0.1) is 6.54 Å². The summed E-state index contributed by atoms with van der Waals surface area (Å²) in [7, 11) is -2.31. The molecule has 106 valence electrons. The van der Waals surface area contributed by atoms with Gasteiger partial charge in [-0.15, -0.1) is 0 Å². The van der Waals surface area contributed by atoms with Gasteiger partial charge in [0.15, 0.2) is 0 Å². The van der Waals surface area contributed by atoms with Crippen LogP contribution in [0.3, 0.4) is 0 Å². The largest absolute Gasteiger partial charge is 0.333 e. The molecule has 5 nitrogen and oxygen atoms in total. The number of nitrogens with one attached hydrogen (secondary N) is 1. The predicted octanol–water partition coefficient (Wildman–Crippen LogP) is -0.539. The fraction of sp³-hybridized carbons (Fsp3) is 0.917. The fourth-order valence-electron chi connectivity index (χ4n) is 2.82. The van der Waals surface area contributed by atoms with Gasteiger partial charge >= 0.3 is 0 Å². The average Bonchev–Trinajstić information content (AvgIpc) is 2.25. The molecule has 3 rings (SSSR count). The first kappa shape index (κ1) is 14.0. The van der Waals surface area contributed by atoms with Gasteiger partial charge in [-0.2, -0.15) is 0 Å². The molecular weight excluding hydrogens is 250 g/mol. The second-order valence-electron chi connectivity index (χ2n) is 6.08. The lowest BCUT2D eigenvalue weighted by atomic mass is 9.86. The summed E-state index contributed by atoms with van der Waals surface area (Å²) in [6.45, 7) is 6.57. The topological polar surface area (TPSA) is 52.6 Å². The van der Waals surface area contributed by atoms with Crippen LogP contribution in [0.5, 0.6) is 0 Å². The third-order valence-electron chi connectivity index (χ3n) is 3.85. The lowest BCUT2D eigenvalue weighted by Gasteiger charge is -2.57. The molecule has 6 heteroatoms. The molecular formula is C12H25N3O2S. The molecule has 1 N–H and O–H groups in total. The molecule has 3 fully saturated rings.